The number of nitrogens with two attached hydrogens (primary N) is 1. The van der Waals surface area contributed by atoms with E-state index in [-0.39, 0.29) is 0 Å². The van der Waals surface area contributed by atoms with Gasteiger partial charge in [0, 0.05) is 5.56 Å². The predicted molar refractivity (Wildman–Crippen MR) is 64.5 cm³/mol. The number of nitrogens with zero attached hydrogens (tertiary/aromatic N) is 1. The highest BCUT2D eigenvalue weighted by Gasteiger charge is 2.12. The van der Waals surface area contributed by atoms with Crippen molar-refractivity contribution in [2.75, 3.05) is 12.8 Å². The highest BCUT2D eigenvalue weighted by atomic mass is 16.5. The molecule has 4 heteroatoms. The van der Waals surface area contributed by atoms with Crippen molar-refractivity contribution < 1.29 is 4.74 Å². The van der Waals surface area contributed by atoms with Gasteiger partial charge in [-0.3, -0.25) is 5.10 Å². The van der Waals surface area contributed by atoms with Crippen molar-refractivity contribution >= 4 is 5.69 Å². The molecular weight excluding hydrogens is 202 g/mol. The van der Waals surface area contributed by atoms with Crippen LogP contribution in [-0.2, 0) is 0 Å². The van der Waals surface area contributed by atoms with E-state index < -0.39 is 0 Å². The van der Waals surface area contributed by atoms with E-state index in [1.165, 1.54) is 11.1 Å². The summed E-state index contributed by atoms with van der Waals surface area (Å²) >= 11 is 0. The average Bonchev–Trinajstić information content (AvgIpc) is 2.68. The summed E-state index contributed by atoms with van der Waals surface area (Å²) in [7, 11) is 1.65. The Hall–Kier alpha value is -1.97. The van der Waals surface area contributed by atoms with Gasteiger partial charge in [0.05, 0.1) is 24.7 Å². The molecule has 0 fully saturated rings. The van der Waals surface area contributed by atoms with Crippen molar-refractivity contribution in [3.63, 3.8) is 0 Å². The first-order valence-corrected chi connectivity index (χ1v) is 5.08. The summed E-state index contributed by atoms with van der Waals surface area (Å²) in [5, 5.41) is 6.81. The van der Waals surface area contributed by atoms with Crippen LogP contribution in [0.15, 0.2) is 18.3 Å². The molecular formula is C12H15N3O. The zero-order valence-corrected chi connectivity index (χ0v) is 9.66. The fourth-order valence-electron chi connectivity index (χ4n) is 1.67. The Balaban J connectivity index is 2.64. The van der Waals surface area contributed by atoms with Gasteiger partial charge in [0.1, 0.15) is 5.75 Å². The summed E-state index contributed by atoms with van der Waals surface area (Å²) in [6.07, 6.45) is 1.60. The highest BCUT2D eigenvalue weighted by molar-refractivity contribution is 5.77. The van der Waals surface area contributed by atoms with E-state index in [1.807, 2.05) is 6.07 Å². The second-order valence-electron chi connectivity index (χ2n) is 3.84. The third-order valence-electron chi connectivity index (χ3n) is 2.75. The van der Waals surface area contributed by atoms with Crippen LogP contribution >= 0.6 is 0 Å². The number of hydrogen-bond donors (Lipinski definition) is 2. The van der Waals surface area contributed by atoms with Crippen molar-refractivity contribution in [2.45, 2.75) is 13.8 Å². The topological polar surface area (TPSA) is 63.9 Å². The number of rotatable bonds is 2. The summed E-state index contributed by atoms with van der Waals surface area (Å²) in [4.78, 5) is 0. The molecule has 0 radical (unpaired) electrons. The number of aryl methyl sites for hydroxylation is 2. The van der Waals surface area contributed by atoms with Crippen molar-refractivity contribution in [1.82, 2.24) is 10.2 Å². The lowest BCUT2D eigenvalue weighted by Crippen LogP contribution is -1.94. The lowest BCUT2D eigenvalue weighted by Gasteiger charge is -2.11. The van der Waals surface area contributed by atoms with Crippen LogP contribution in [0.25, 0.3) is 11.3 Å². The lowest BCUT2D eigenvalue weighted by molar-refractivity contribution is 0.416. The molecule has 4 nitrogen and oxygen atoms in total. The Morgan fingerprint density at radius 1 is 1.25 bits per heavy atom. The molecule has 0 unspecified atom stereocenters. The molecule has 1 aromatic carbocycles. The molecule has 3 N–H and O–H groups in total. The van der Waals surface area contributed by atoms with Crippen molar-refractivity contribution in [3.05, 3.63) is 29.5 Å². The number of benzene rings is 1. The molecule has 0 aliphatic rings. The third-order valence-corrected chi connectivity index (χ3v) is 2.75. The van der Waals surface area contributed by atoms with Gasteiger partial charge in [-0.15, -0.1) is 0 Å². The first kappa shape index (κ1) is 10.5. The van der Waals surface area contributed by atoms with Crippen LogP contribution in [0.2, 0.25) is 0 Å². The average molecular weight is 217 g/mol. The number of methoxy groups -OCH3 is 1. The molecule has 2 rings (SSSR count). The second kappa shape index (κ2) is 3.89. The van der Waals surface area contributed by atoms with Crippen LogP contribution in [0, 0.1) is 13.8 Å². The Morgan fingerprint density at radius 2 is 1.94 bits per heavy atom. The van der Waals surface area contributed by atoms with E-state index in [0.29, 0.717) is 5.69 Å². The number of H-pyrrole nitrogens is 1. The molecule has 2 aromatic rings. The van der Waals surface area contributed by atoms with E-state index in [9.17, 15) is 0 Å². The molecule has 0 atom stereocenters. The highest BCUT2D eigenvalue weighted by Crippen LogP contribution is 2.34. The molecule has 0 amide bonds. The van der Waals surface area contributed by atoms with Crippen molar-refractivity contribution in [2.24, 2.45) is 0 Å². The minimum Gasteiger partial charge on any atom is -0.496 e. The zero-order valence-electron chi connectivity index (χ0n) is 9.66. The van der Waals surface area contributed by atoms with Gasteiger partial charge in [-0.05, 0) is 37.1 Å². The van der Waals surface area contributed by atoms with Gasteiger partial charge in [0.25, 0.3) is 0 Å². The number of hydrogen-bond acceptors (Lipinski definition) is 3. The Labute approximate surface area is 94.4 Å². The quantitative estimate of drug-likeness (QED) is 0.811. The van der Waals surface area contributed by atoms with Gasteiger partial charge in [-0.25, -0.2) is 0 Å². The molecule has 16 heavy (non-hydrogen) atoms. The molecule has 0 spiro atoms. The van der Waals surface area contributed by atoms with E-state index >= 15 is 0 Å². The van der Waals surface area contributed by atoms with Gasteiger partial charge >= 0.3 is 0 Å². The number of nitrogen functional groups attached to an aromatic ring is 1. The van der Waals surface area contributed by atoms with E-state index in [1.54, 1.807) is 13.3 Å². The number of aromatic nitrogens is 2. The Kier molecular flexibility index (Phi) is 2.56. The SMILES string of the molecule is COc1cc(C)c(C)cc1-c1[nH]ncc1N. The number of anilines is 1. The van der Waals surface area contributed by atoms with Crippen LogP contribution in [0.5, 0.6) is 5.75 Å². The minimum absolute atomic E-state index is 0.626. The van der Waals surface area contributed by atoms with E-state index in [2.05, 4.69) is 30.1 Å². The molecule has 84 valence electrons. The first-order valence-electron chi connectivity index (χ1n) is 5.08. The van der Waals surface area contributed by atoms with Crippen LogP contribution in [-0.4, -0.2) is 17.3 Å². The molecule has 0 bridgehead atoms. The summed E-state index contributed by atoms with van der Waals surface area (Å²) in [5.41, 5.74) is 10.6. The summed E-state index contributed by atoms with van der Waals surface area (Å²) < 4.78 is 5.36. The number of nitrogens with one attached hydrogen (secondary N) is 1. The monoisotopic (exact) mass is 217 g/mol. The van der Waals surface area contributed by atoms with Gasteiger partial charge in [-0.2, -0.15) is 5.10 Å². The maximum Gasteiger partial charge on any atom is 0.128 e. The maximum atomic E-state index is 5.83. The van der Waals surface area contributed by atoms with E-state index in [4.69, 9.17) is 10.5 Å². The fourth-order valence-corrected chi connectivity index (χ4v) is 1.67. The molecule has 0 saturated heterocycles. The smallest absolute Gasteiger partial charge is 0.128 e. The van der Waals surface area contributed by atoms with Gasteiger partial charge in [-0.1, -0.05) is 0 Å². The summed E-state index contributed by atoms with van der Waals surface area (Å²) in [6.45, 7) is 4.11. The Bertz CT molecular complexity index is 517. The predicted octanol–water partition coefficient (Wildman–Crippen LogP) is 2.28. The van der Waals surface area contributed by atoms with Gasteiger partial charge in [0.15, 0.2) is 0 Å². The summed E-state index contributed by atoms with van der Waals surface area (Å²) in [6, 6.07) is 4.06. The Morgan fingerprint density at radius 3 is 2.50 bits per heavy atom. The zero-order chi connectivity index (χ0) is 11.7. The van der Waals surface area contributed by atoms with Crippen LogP contribution < -0.4 is 10.5 Å². The second-order valence-corrected chi connectivity index (χ2v) is 3.84. The largest absolute Gasteiger partial charge is 0.496 e. The van der Waals surface area contributed by atoms with Gasteiger partial charge in [0.2, 0.25) is 0 Å². The normalized spacial score (nSPS) is 10.4. The number of ether oxygens (including phenoxy) is 1. The number of aromatic amines is 1. The van der Waals surface area contributed by atoms with E-state index in [0.717, 1.165) is 17.0 Å². The summed E-state index contributed by atoms with van der Waals surface area (Å²) in [5.74, 6) is 0.805. The minimum atomic E-state index is 0.626. The standard InChI is InChI=1S/C12H15N3O/c1-7-4-9(11(16-3)5-8(7)2)12-10(13)6-14-15-12/h4-6H,13H2,1-3H3,(H,14,15). The van der Waals surface area contributed by atoms with Crippen LogP contribution in [0.3, 0.4) is 0 Å². The van der Waals surface area contributed by atoms with Gasteiger partial charge < -0.3 is 10.5 Å². The molecule has 0 aliphatic heterocycles. The van der Waals surface area contributed by atoms with Crippen molar-refractivity contribution in [1.29, 1.82) is 0 Å². The molecule has 0 aliphatic carbocycles. The third kappa shape index (κ3) is 1.62. The maximum absolute atomic E-state index is 5.83. The molecule has 1 heterocycles. The molecule has 1 aromatic heterocycles. The first-order chi connectivity index (χ1) is 7.63. The molecule has 0 saturated carbocycles. The van der Waals surface area contributed by atoms with Crippen molar-refractivity contribution in [3.8, 4) is 17.0 Å². The van der Waals surface area contributed by atoms with Crippen LogP contribution in [0.1, 0.15) is 11.1 Å². The lowest BCUT2D eigenvalue weighted by atomic mass is 10.0. The fraction of sp³-hybridized carbons (Fsp3) is 0.250. The van der Waals surface area contributed by atoms with Crippen LogP contribution in [0.4, 0.5) is 5.69 Å².